The van der Waals surface area contributed by atoms with Crippen LogP contribution in [0.5, 0.6) is 0 Å². The molecule has 1 aromatic heterocycles. The summed E-state index contributed by atoms with van der Waals surface area (Å²) < 4.78 is 10.6. The fourth-order valence-corrected chi connectivity index (χ4v) is 3.04. The zero-order valence-electron chi connectivity index (χ0n) is 13.2. The molecular formula is C18H17NO4S. The van der Waals surface area contributed by atoms with Crippen LogP contribution in [-0.4, -0.2) is 30.0 Å². The fraction of sp³-hybridized carbons (Fsp3) is 0.222. The molecule has 0 saturated heterocycles. The monoisotopic (exact) mass is 343 g/mol. The van der Waals surface area contributed by atoms with Gasteiger partial charge in [-0.2, -0.15) is 0 Å². The molecule has 6 heteroatoms. The smallest absolute Gasteiger partial charge is 0.315 e. The molecule has 0 spiro atoms. The summed E-state index contributed by atoms with van der Waals surface area (Å²) in [4.78, 5) is 23.2. The van der Waals surface area contributed by atoms with Gasteiger partial charge in [0.25, 0.3) is 0 Å². The van der Waals surface area contributed by atoms with Gasteiger partial charge in [0, 0.05) is 16.5 Å². The van der Waals surface area contributed by atoms with E-state index in [0.717, 1.165) is 21.9 Å². The molecule has 0 aliphatic heterocycles. The Morgan fingerprint density at radius 2 is 1.88 bits per heavy atom. The molecular weight excluding hydrogens is 326 g/mol. The van der Waals surface area contributed by atoms with Crippen molar-refractivity contribution in [3.63, 3.8) is 0 Å². The highest BCUT2D eigenvalue weighted by atomic mass is 32.2. The first-order valence-corrected chi connectivity index (χ1v) is 8.77. The Kier molecular flexibility index (Phi) is 5.05. The SMILES string of the molecule is CCOC(=O)CSCC(=O)Nc1ccc2oc3ccccc3c2c1. The number of carbonyl (C=O) groups excluding carboxylic acids is 2. The van der Waals surface area contributed by atoms with E-state index in [1.807, 2.05) is 36.4 Å². The van der Waals surface area contributed by atoms with Crippen molar-refractivity contribution in [2.75, 3.05) is 23.4 Å². The number of para-hydroxylation sites is 1. The fourth-order valence-electron chi connectivity index (χ4n) is 2.43. The zero-order chi connectivity index (χ0) is 16.9. The van der Waals surface area contributed by atoms with E-state index in [1.54, 1.807) is 13.0 Å². The van der Waals surface area contributed by atoms with Crippen LogP contribution in [0.2, 0.25) is 0 Å². The third-order valence-corrected chi connectivity index (χ3v) is 4.33. The molecule has 0 aliphatic rings. The summed E-state index contributed by atoms with van der Waals surface area (Å²) in [5.74, 6) is -0.0895. The summed E-state index contributed by atoms with van der Waals surface area (Å²) in [6, 6.07) is 13.3. The van der Waals surface area contributed by atoms with Crippen LogP contribution in [0.3, 0.4) is 0 Å². The second kappa shape index (κ2) is 7.40. The predicted molar refractivity (Wildman–Crippen MR) is 96.3 cm³/mol. The van der Waals surface area contributed by atoms with Crippen molar-refractivity contribution in [3.8, 4) is 0 Å². The molecule has 0 bridgehead atoms. The number of hydrogen-bond acceptors (Lipinski definition) is 5. The summed E-state index contributed by atoms with van der Waals surface area (Å²) in [7, 11) is 0. The summed E-state index contributed by atoms with van der Waals surface area (Å²) in [6.45, 7) is 2.11. The summed E-state index contributed by atoms with van der Waals surface area (Å²) in [6.07, 6.45) is 0. The largest absolute Gasteiger partial charge is 0.465 e. The van der Waals surface area contributed by atoms with E-state index in [9.17, 15) is 9.59 Å². The van der Waals surface area contributed by atoms with Crippen molar-refractivity contribution in [2.24, 2.45) is 0 Å². The summed E-state index contributed by atoms with van der Waals surface area (Å²) in [5, 5.41) is 4.82. The maximum absolute atomic E-state index is 12.0. The number of nitrogens with one attached hydrogen (secondary N) is 1. The van der Waals surface area contributed by atoms with Gasteiger partial charge in [-0.15, -0.1) is 11.8 Å². The van der Waals surface area contributed by atoms with Gasteiger partial charge in [-0.05, 0) is 31.2 Å². The Bertz CT molecular complexity index is 887. The maximum Gasteiger partial charge on any atom is 0.315 e. The molecule has 0 aliphatic carbocycles. The molecule has 124 valence electrons. The molecule has 0 fully saturated rings. The quantitative estimate of drug-likeness (QED) is 0.689. The van der Waals surface area contributed by atoms with Gasteiger partial charge in [0.15, 0.2) is 0 Å². The van der Waals surface area contributed by atoms with Gasteiger partial charge >= 0.3 is 5.97 Å². The van der Waals surface area contributed by atoms with Gasteiger partial charge in [0.2, 0.25) is 5.91 Å². The molecule has 1 N–H and O–H groups in total. The van der Waals surface area contributed by atoms with Crippen molar-refractivity contribution in [2.45, 2.75) is 6.92 Å². The van der Waals surface area contributed by atoms with Gasteiger partial charge in [-0.1, -0.05) is 18.2 Å². The number of ether oxygens (including phenoxy) is 1. The number of rotatable bonds is 6. The highest BCUT2D eigenvalue weighted by molar-refractivity contribution is 8.00. The highest BCUT2D eigenvalue weighted by Gasteiger charge is 2.09. The van der Waals surface area contributed by atoms with Crippen LogP contribution >= 0.6 is 11.8 Å². The molecule has 2 aromatic carbocycles. The Hall–Kier alpha value is -2.47. The van der Waals surface area contributed by atoms with E-state index in [0.29, 0.717) is 12.3 Å². The number of benzene rings is 2. The topological polar surface area (TPSA) is 68.5 Å². The van der Waals surface area contributed by atoms with Crippen molar-refractivity contribution in [3.05, 3.63) is 42.5 Å². The van der Waals surface area contributed by atoms with Gasteiger partial charge in [0.1, 0.15) is 11.2 Å². The van der Waals surface area contributed by atoms with E-state index in [4.69, 9.17) is 9.15 Å². The van der Waals surface area contributed by atoms with Crippen molar-refractivity contribution >= 4 is 51.3 Å². The first-order valence-electron chi connectivity index (χ1n) is 7.62. The Labute approximate surface area is 143 Å². The molecule has 1 heterocycles. The standard InChI is InChI=1S/C18H17NO4S/c1-2-22-18(21)11-24-10-17(20)19-12-7-8-16-14(9-12)13-5-3-4-6-15(13)23-16/h3-9H,2,10-11H2,1H3,(H,19,20). The van der Waals surface area contributed by atoms with Gasteiger partial charge in [-0.3, -0.25) is 9.59 Å². The van der Waals surface area contributed by atoms with Crippen LogP contribution in [0.4, 0.5) is 5.69 Å². The van der Waals surface area contributed by atoms with Crippen molar-refractivity contribution in [1.29, 1.82) is 0 Å². The van der Waals surface area contributed by atoms with Crippen LogP contribution in [0.25, 0.3) is 21.9 Å². The molecule has 0 unspecified atom stereocenters. The average Bonchev–Trinajstić information content (AvgIpc) is 2.93. The van der Waals surface area contributed by atoms with Gasteiger partial charge in [-0.25, -0.2) is 0 Å². The lowest BCUT2D eigenvalue weighted by Gasteiger charge is -2.05. The predicted octanol–water partition coefficient (Wildman–Crippen LogP) is 3.82. The highest BCUT2D eigenvalue weighted by Crippen LogP contribution is 2.30. The lowest BCUT2D eigenvalue weighted by Crippen LogP contribution is -2.16. The van der Waals surface area contributed by atoms with Crippen molar-refractivity contribution in [1.82, 2.24) is 0 Å². The van der Waals surface area contributed by atoms with Crippen LogP contribution in [-0.2, 0) is 14.3 Å². The van der Waals surface area contributed by atoms with Gasteiger partial charge < -0.3 is 14.5 Å². The van der Waals surface area contributed by atoms with E-state index < -0.39 is 0 Å². The molecule has 3 rings (SSSR count). The minimum Gasteiger partial charge on any atom is -0.465 e. The molecule has 0 saturated carbocycles. The van der Waals surface area contributed by atoms with E-state index >= 15 is 0 Å². The molecule has 0 atom stereocenters. The normalized spacial score (nSPS) is 10.9. The number of hydrogen-bond donors (Lipinski definition) is 1. The Balaban J connectivity index is 1.65. The van der Waals surface area contributed by atoms with E-state index in [2.05, 4.69) is 5.32 Å². The average molecular weight is 343 g/mol. The number of thioether (sulfide) groups is 1. The second-order valence-corrected chi connectivity index (χ2v) is 6.14. The third kappa shape index (κ3) is 3.71. The maximum atomic E-state index is 12.0. The lowest BCUT2D eigenvalue weighted by atomic mass is 10.1. The number of fused-ring (bicyclic) bond motifs is 3. The lowest BCUT2D eigenvalue weighted by molar-refractivity contribution is -0.139. The minimum absolute atomic E-state index is 0.156. The number of esters is 1. The number of amides is 1. The number of furan rings is 1. The number of anilines is 1. The van der Waals surface area contributed by atoms with Crippen LogP contribution < -0.4 is 5.32 Å². The first-order chi connectivity index (χ1) is 11.7. The number of carbonyl (C=O) groups is 2. The molecule has 0 radical (unpaired) electrons. The van der Waals surface area contributed by atoms with Gasteiger partial charge in [0.05, 0.1) is 18.1 Å². The summed E-state index contributed by atoms with van der Waals surface area (Å²) in [5.41, 5.74) is 2.31. The first kappa shape index (κ1) is 16.4. The summed E-state index contributed by atoms with van der Waals surface area (Å²) >= 11 is 1.23. The van der Waals surface area contributed by atoms with Crippen LogP contribution in [0.15, 0.2) is 46.9 Å². The van der Waals surface area contributed by atoms with E-state index in [-0.39, 0.29) is 23.4 Å². The molecule has 1 amide bonds. The Morgan fingerprint density at radius 3 is 2.71 bits per heavy atom. The second-order valence-electron chi connectivity index (χ2n) is 5.16. The van der Waals surface area contributed by atoms with E-state index in [1.165, 1.54) is 11.8 Å². The Morgan fingerprint density at radius 1 is 1.08 bits per heavy atom. The van der Waals surface area contributed by atoms with Crippen LogP contribution in [0.1, 0.15) is 6.92 Å². The van der Waals surface area contributed by atoms with Crippen molar-refractivity contribution < 1.29 is 18.7 Å². The zero-order valence-corrected chi connectivity index (χ0v) is 14.0. The molecule has 3 aromatic rings. The molecule has 24 heavy (non-hydrogen) atoms. The third-order valence-electron chi connectivity index (χ3n) is 3.42. The molecule has 5 nitrogen and oxygen atoms in total. The van der Waals surface area contributed by atoms with Crippen LogP contribution in [0, 0.1) is 0 Å². The minimum atomic E-state index is -0.304.